The third-order valence-electron chi connectivity index (χ3n) is 4.79. The molecular weight excluding hydrogens is 450 g/mol. The lowest BCUT2D eigenvalue weighted by atomic mass is 10.1. The zero-order valence-corrected chi connectivity index (χ0v) is 19.7. The second-order valence-electron chi connectivity index (χ2n) is 7.33. The monoisotopic (exact) mass is 473 g/mol. The van der Waals surface area contributed by atoms with Crippen LogP contribution in [0.1, 0.15) is 15.9 Å². The van der Waals surface area contributed by atoms with Crippen molar-refractivity contribution in [3.05, 3.63) is 76.8 Å². The van der Waals surface area contributed by atoms with E-state index in [0.717, 1.165) is 5.69 Å². The first-order chi connectivity index (χ1) is 15.1. The summed E-state index contributed by atoms with van der Waals surface area (Å²) in [5, 5.41) is 3.27. The number of benzene rings is 3. The summed E-state index contributed by atoms with van der Waals surface area (Å²) in [6.45, 7) is 1.74. The molecular formula is C23H24ClN3O4S. The van der Waals surface area contributed by atoms with Crippen LogP contribution in [0.25, 0.3) is 0 Å². The van der Waals surface area contributed by atoms with Crippen LogP contribution < -0.4 is 19.7 Å². The molecule has 0 saturated heterocycles. The van der Waals surface area contributed by atoms with Crippen molar-refractivity contribution < 1.29 is 17.9 Å². The first-order valence-electron chi connectivity index (χ1n) is 9.66. The Morgan fingerprint density at radius 3 is 2.22 bits per heavy atom. The number of methoxy groups -OCH3 is 1. The lowest BCUT2D eigenvalue weighted by Gasteiger charge is -2.16. The van der Waals surface area contributed by atoms with Crippen molar-refractivity contribution in [2.45, 2.75) is 11.8 Å². The van der Waals surface area contributed by atoms with E-state index in [1.54, 1.807) is 55.5 Å². The van der Waals surface area contributed by atoms with Crippen molar-refractivity contribution in [1.29, 1.82) is 0 Å². The van der Waals surface area contributed by atoms with Gasteiger partial charge >= 0.3 is 0 Å². The minimum atomic E-state index is -3.90. The van der Waals surface area contributed by atoms with Crippen LogP contribution >= 0.6 is 11.6 Å². The van der Waals surface area contributed by atoms with E-state index in [0.29, 0.717) is 27.7 Å². The van der Waals surface area contributed by atoms with Crippen LogP contribution in [0.2, 0.25) is 5.02 Å². The van der Waals surface area contributed by atoms with Gasteiger partial charge in [0.05, 0.1) is 22.7 Å². The largest absolute Gasteiger partial charge is 0.497 e. The quantitative estimate of drug-likeness (QED) is 0.515. The molecule has 7 nitrogen and oxygen atoms in total. The normalized spacial score (nSPS) is 11.0. The number of ether oxygens (including phenoxy) is 1. The first-order valence-corrected chi connectivity index (χ1v) is 11.5. The number of amides is 1. The van der Waals surface area contributed by atoms with Gasteiger partial charge in [0.15, 0.2) is 0 Å². The van der Waals surface area contributed by atoms with Crippen molar-refractivity contribution in [3.63, 3.8) is 0 Å². The van der Waals surface area contributed by atoms with E-state index < -0.39 is 15.9 Å². The molecule has 0 aliphatic rings. The summed E-state index contributed by atoms with van der Waals surface area (Å²) in [7, 11) is 1.37. The van der Waals surface area contributed by atoms with Gasteiger partial charge in [-0.3, -0.25) is 9.52 Å². The lowest BCUT2D eigenvalue weighted by Crippen LogP contribution is -2.17. The summed E-state index contributed by atoms with van der Waals surface area (Å²) in [6, 6.07) is 16.1. The third-order valence-corrected chi connectivity index (χ3v) is 6.48. The standard InChI is InChI=1S/C23H24ClN3O4S/c1-15-5-11-19(32(29,30)26-16-6-9-18(31-4)10-7-16)14-20(15)23(28)25-17-8-12-22(27(2)3)21(24)13-17/h5-14,26H,1-4H3,(H,25,28). The topological polar surface area (TPSA) is 87.7 Å². The van der Waals surface area contributed by atoms with Gasteiger partial charge in [-0.15, -0.1) is 0 Å². The van der Waals surface area contributed by atoms with Crippen molar-refractivity contribution in [1.82, 2.24) is 0 Å². The molecule has 0 heterocycles. The number of nitrogens with zero attached hydrogens (tertiary/aromatic N) is 1. The van der Waals surface area contributed by atoms with Crippen molar-refractivity contribution in [2.24, 2.45) is 0 Å². The maximum absolute atomic E-state index is 12.9. The van der Waals surface area contributed by atoms with Gasteiger partial charge in [0.25, 0.3) is 15.9 Å². The van der Waals surface area contributed by atoms with Gasteiger partial charge in [-0.2, -0.15) is 0 Å². The molecule has 1 amide bonds. The van der Waals surface area contributed by atoms with Gasteiger partial charge in [-0.25, -0.2) is 8.42 Å². The molecule has 0 aromatic heterocycles. The van der Waals surface area contributed by atoms with Gasteiger partial charge in [0.1, 0.15) is 5.75 Å². The average Bonchev–Trinajstić information content (AvgIpc) is 2.74. The molecule has 3 aromatic carbocycles. The molecule has 0 spiro atoms. The zero-order chi connectivity index (χ0) is 23.5. The summed E-state index contributed by atoms with van der Waals surface area (Å²) in [5.74, 6) is 0.179. The second-order valence-corrected chi connectivity index (χ2v) is 9.42. The highest BCUT2D eigenvalue weighted by Gasteiger charge is 2.19. The van der Waals surface area contributed by atoms with Crippen LogP contribution in [0.15, 0.2) is 65.6 Å². The molecule has 3 rings (SSSR count). The van der Waals surface area contributed by atoms with E-state index in [9.17, 15) is 13.2 Å². The molecule has 0 fully saturated rings. The predicted octanol–water partition coefficient (Wildman–Crippen LogP) is 4.78. The molecule has 0 aliphatic heterocycles. The maximum atomic E-state index is 12.9. The Morgan fingerprint density at radius 2 is 1.62 bits per heavy atom. The van der Waals surface area contributed by atoms with Crippen LogP contribution in [0, 0.1) is 6.92 Å². The highest BCUT2D eigenvalue weighted by atomic mass is 35.5. The van der Waals surface area contributed by atoms with Crippen molar-refractivity contribution in [3.8, 4) is 5.75 Å². The molecule has 0 aliphatic carbocycles. The molecule has 3 aromatic rings. The Balaban J connectivity index is 1.84. The van der Waals surface area contributed by atoms with E-state index in [1.807, 2.05) is 19.0 Å². The number of nitrogens with one attached hydrogen (secondary N) is 2. The third kappa shape index (κ3) is 5.33. The summed E-state index contributed by atoms with van der Waals surface area (Å²) in [5.41, 5.74) is 2.60. The molecule has 32 heavy (non-hydrogen) atoms. The van der Waals surface area contributed by atoms with Crippen LogP contribution in [0.5, 0.6) is 5.75 Å². The number of hydrogen-bond donors (Lipinski definition) is 2. The van der Waals surface area contributed by atoms with Gasteiger partial charge in [0.2, 0.25) is 0 Å². The summed E-state index contributed by atoms with van der Waals surface area (Å²) < 4.78 is 33.3. The number of carbonyl (C=O) groups excluding carboxylic acids is 1. The fourth-order valence-electron chi connectivity index (χ4n) is 3.03. The molecule has 0 radical (unpaired) electrons. The fourth-order valence-corrected chi connectivity index (χ4v) is 4.47. The Morgan fingerprint density at radius 1 is 0.969 bits per heavy atom. The van der Waals surface area contributed by atoms with Gasteiger partial charge < -0.3 is 15.0 Å². The average molecular weight is 474 g/mol. The molecule has 0 bridgehead atoms. The number of aryl methyl sites for hydroxylation is 1. The maximum Gasteiger partial charge on any atom is 0.261 e. The Kier molecular flexibility index (Phi) is 6.96. The van der Waals surface area contributed by atoms with E-state index in [-0.39, 0.29) is 10.5 Å². The highest BCUT2D eigenvalue weighted by Crippen LogP contribution is 2.28. The van der Waals surface area contributed by atoms with Crippen LogP contribution in [-0.4, -0.2) is 35.5 Å². The summed E-state index contributed by atoms with van der Waals surface area (Å²) in [4.78, 5) is 14.7. The minimum absolute atomic E-state index is 0.0231. The minimum Gasteiger partial charge on any atom is -0.497 e. The van der Waals surface area contributed by atoms with Crippen molar-refractivity contribution in [2.75, 3.05) is 36.1 Å². The van der Waals surface area contributed by atoms with Crippen LogP contribution in [-0.2, 0) is 10.0 Å². The van der Waals surface area contributed by atoms with Crippen LogP contribution in [0.4, 0.5) is 17.1 Å². The molecule has 0 unspecified atom stereocenters. The highest BCUT2D eigenvalue weighted by molar-refractivity contribution is 7.92. The molecule has 0 saturated carbocycles. The number of anilines is 3. The van der Waals surface area contributed by atoms with E-state index in [2.05, 4.69) is 10.0 Å². The Bertz CT molecular complexity index is 1240. The number of carbonyl (C=O) groups is 1. The lowest BCUT2D eigenvalue weighted by molar-refractivity contribution is 0.102. The Labute approximate surface area is 193 Å². The predicted molar refractivity (Wildman–Crippen MR) is 129 cm³/mol. The molecule has 9 heteroatoms. The second kappa shape index (κ2) is 9.50. The summed E-state index contributed by atoms with van der Waals surface area (Å²) in [6.07, 6.45) is 0. The van der Waals surface area contributed by atoms with Crippen LogP contribution in [0.3, 0.4) is 0 Å². The molecule has 0 atom stereocenters. The zero-order valence-electron chi connectivity index (χ0n) is 18.1. The number of sulfonamides is 1. The number of hydrogen-bond acceptors (Lipinski definition) is 5. The van der Waals surface area contributed by atoms with E-state index in [1.165, 1.54) is 19.2 Å². The van der Waals surface area contributed by atoms with Crippen molar-refractivity contribution >= 4 is 44.6 Å². The van der Waals surface area contributed by atoms with E-state index in [4.69, 9.17) is 16.3 Å². The SMILES string of the molecule is COc1ccc(NS(=O)(=O)c2ccc(C)c(C(=O)Nc3ccc(N(C)C)c(Cl)c3)c2)cc1. The Hall–Kier alpha value is -3.23. The van der Waals surface area contributed by atoms with Gasteiger partial charge in [0, 0.05) is 31.0 Å². The molecule has 168 valence electrons. The van der Waals surface area contributed by atoms with Gasteiger partial charge in [-0.05, 0) is 67.1 Å². The first kappa shape index (κ1) is 23.4. The van der Waals surface area contributed by atoms with Gasteiger partial charge in [-0.1, -0.05) is 17.7 Å². The summed E-state index contributed by atoms with van der Waals surface area (Å²) >= 11 is 6.28. The number of rotatable bonds is 7. The number of halogens is 1. The van der Waals surface area contributed by atoms with E-state index >= 15 is 0 Å². The fraction of sp³-hybridized carbons (Fsp3) is 0.174. The molecule has 2 N–H and O–H groups in total. The smallest absolute Gasteiger partial charge is 0.261 e.